The Balaban J connectivity index is 4.20. The van der Waals surface area contributed by atoms with E-state index in [0.29, 0.717) is 0 Å². The van der Waals surface area contributed by atoms with E-state index in [1.165, 1.54) is 0 Å². The van der Waals surface area contributed by atoms with Crippen molar-refractivity contribution in [2.75, 3.05) is 0 Å². The van der Waals surface area contributed by atoms with Crippen LogP contribution in [0.15, 0.2) is 29.4 Å². The molecule has 0 rings (SSSR count). The molecule has 0 spiro atoms. The van der Waals surface area contributed by atoms with Crippen LogP contribution in [0.3, 0.4) is 0 Å². The van der Waals surface area contributed by atoms with Gasteiger partial charge in [0.05, 0.1) is 0 Å². The molecule has 1 heteroatoms. The molecule has 1 nitrogen and oxygen atoms in total. The second-order valence-corrected chi connectivity index (χ2v) is 3.80. The van der Waals surface area contributed by atoms with Gasteiger partial charge < -0.3 is 0 Å². The van der Waals surface area contributed by atoms with Crippen molar-refractivity contribution < 1.29 is 0 Å². The van der Waals surface area contributed by atoms with Crippen molar-refractivity contribution in [1.82, 2.24) is 0 Å². The summed E-state index contributed by atoms with van der Waals surface area (Å²) in [5.41, 5.74) is 1.90. The van der Waals surface area contributed by atoms with Crippen LogP contribution < -0.4 is 0 Å². The average Bonchev–Trinajstić information content (AvgIpc) is 1.80. The molecule has 0 saturated carbocycles. The first-order chi connectivity index (χ1) is 4.84. The number of rotatable bonds is 2. The molecule has 0 radical (unpaired) electrons. The van der Waals surface area contributed by atoms with Gasteiger partial charge in [0.15, 0.2) is 0 Å². The third-order valence-corrected chi connectivity index (χ3v) is 1.31. The summed E-state index contributed by atoms with van der Waals surface area (Å²) in [6, 6.07) is 0. The van der Waals surface area contributed by atoms with Crippen molar-refractivity contribution in [3.8, 4) is 0 Å². The Labute approximate surface area is 69.5 Å². The first-order valence-electron chi connectivity index (χ1n) is 3.73. The first kappa shape index (κ1) is 10.2. The van der Waals surface area contributed by atoms with Gasteiger partial charge in [-0.1, -0.05) is 33.9 Å². The molecule has 11 heavy (non-hydrogen) atoms. The van der Waals surface area contributed by atoms with Crippen LogP contribution in [0.2, 0.25) is 0 Å². The zero-order valence-electron chi connectivity index (χ0n) is 7.94. The topological polar surface area (TPSA) is 12.4 Å². The zero-order chi connectivity index (χ0) is 9.07. The van der Waals surface area contributed by atoms with E-state index in [-0.39, 0.29) is 5.41 Å². The van der Waals surface area contributed by atoms with Crippen molar-refractivity contribution in [2.24, 2.45) is 10.4 Å². The summed E-state index contributed by atoms with van der Waals surface area (Å²) in [5.74, 6) is 0. The Morgan fingerprint density at radius 1 is 1.27 bits per heavy atom. The molecular weight excluding hydrogens is 134 g/mol. The molecule has 0 heterocycles. The van der Waals surface area contributed by atoms with E-state index in [9.17, 15) is 0 Å². The summed E-state index contributed by atoms with van der Waals surface area (Å²) in [4.78, 5) is 4.18. The number of aliphatic imine (C=N–C) groups is 1. The number of hydrogen-bond acceptors (Lipinski definition) is 1. The molecule has 0 atom stereocenters. The normalized spacial score (nSPS) is 12.0. The largest absolute Gasteiger partial charge is 0.261 e. The van der Waals surface area contributed by atoms with Gasteiger partial charge in [-0.15, -0.1) is 0 Å². The Morgan fingerprint density at radius 3 is 2.00 bits per heavy atom. The van der Waals surface area contributed by atoms with Crippen LogP contribution in [0.5, 0.6) is 0 Å². The molecule has 0 aliphatic carbocycles. The monoisotopic (exact) mass is 151 g/mol. The van der Waals surface area contributed by atoms with Gasteiger partial charge in [-0.3, -0.25) is 4.99 Å². The van der Waals surface area contributed by atoms with E-state index >= 15 is 0 Å². The van der Waals surface area contributed by atoms with Crippen LogP contribution in [-0.2, 0) is 0 Å². The van der Waals surface area contributed by atoms with E-state index in [1.54, 1.807) is 6.21 Å². The van der Waals surface area contributed by atoms with Crippen molar-refractivity contribution in [3.63, 3.8) is 0 Å². The molecule has 0 amide bonds. The van der Waals surface area contributed by atoms with Crippen molar-refractivity contribution in [2.45, 2.75) is 27.7 Å². The number of allylic oxidation sites excluding steroid dienone is 2. The highest BCUT2D eigenvalue weighted by Crippen LogP contribution is 2.23. The molecule has 0 aromatic carbocycles. The maximum Gasteiger partial charge on any atom is 0.0385 e. The predicted molar refractivity (Wildman–Crippen MR) is 51.9 cm³/mol. The third-order valence-electron chi connectivity index (χ3n) is 1.31. The lowest BCUT2D eigenvalue weighted by atomic mass is 9.93. The lowest BCUT2D eigenvalue weighted by Gasteiger charge is -2.17. The van der Waals surface area contributed by atoms with Gasteiger partial charge in [0.1, 0.15) is 0 Å². The van der Waals surface area contributed by atoms with Gasteiger partial charge in [0, 0.05) is 17.3 Å². The van der Waals surface area contributed by atoms with Crippen LogP contribution in [0, 0.1) is 5.41 Å². The van der Waals surface area contributed by atoms with E-state index in [4.69, 9.17) is 0 Å². The van der Waals surface area contributed by atoms with E-state index in [1.807, 2.05) is 6.92 Å². The lowest BCUT2D eigenvalue weighted by molar-refractivity contribution is 0.501. The summed E-state index contributed by atoms with van der Waals surface area (Å²) in [7, 11) is 0. The lowest BCUT2D eigenvalue weighted by Crippen LogP contribution is -2.06. The molecule has 0 aliphatic heterocycles. The summed E-state index contributed by atoms with van der Waals surface area (Å²) in [6.07, 6.45) is 1.74. The molecule has 62 valence electrons. The molecule has 0 aromatic rings. The molecule has 0 fully saturated rings. The number of hydrogen-bond donors (Lipinski definition) is 0. The molecule has 0 unspecified atom stereocenters. The minimum absolute atomic E-state index is 0.0615. The summed E-state index contributed by atoms with van der Waals surface area (Å²) >= 11 is 0. The highest BCUT2D eigenvalue weighted by Gasteiger charge is 2.12. The second-order valence-electron chi connectivity index (χ2n) is 3.80. The highest BCUT2D eigenvalue weighted by molar-refractivity contribution is 5.77. The van der Waals surface area contributed by atoms with Crippen LogP contribution >= 0.6 is 0 Å². The van der Waals surface area contributed by atoms with E-state index < -0.39 is 0 Å². The van der Waals surface area contributed by atoms with Gasteiger partial charge in [0.25, 0.3) is 0 Å². The van der Waals surface area contributed by atoms with E-state index in [2.05, 4.69) is 38.9 Å². The smallest absolute Gasteiger partial charge is 0.0385 e. The maximum atomic E-state index is 4.18. The Kier molecular flexibility index (Phi) is 3.24. The second kappa shape index (κ2) is 3.51. The van der Waals surface area contributed by atoms with Crippen LogP contribution in [0.1, 0.15) is 27.7 Å². The van der Waals surface area contributed by atoms with Gasteiger partial charge in [-0.05, 0) is 12.5 Å². The van der Waals surface area contributed by atoms with Crippen LogP contribution in [0.25, 0.3) is 0 Å². The SMILES string of the molecule is C=C(C)C=NC(=C)C(C)(C)C. The van der Waals surface area contributed by atoms with Gasteiger partial charge >= 0.3 is 0 Å². The fourth-order valence-corrected chi connectivity index (χ4v) is 0.382. The van der Waals surface area contributed by atoms with Gasteiger partial charge in [-0.25, -0.2) is 0 Å². The summed E-state index contributed by atoms with van der Waals surface area (Å²) in [5, 5.41) is 0. The molecular formula is C10H17N. The first-order valence-corrected chi connectivity index (χ1v) is 3.73. The zero-order valence-corrected chi connectivity index (χ0v) is 7.94. The van der Waals surface area contributed by atoms with E-state index in [0.717, 1.165) is 11.3 Å². The summed E-state index contributed by atoms with van der Waals surface area (Å²) in [6.45, 7) is 15.8. The fraction of sp³-hybridized carbons (Fsp3) is 0.500. The maximum absolute atomic E-state index is 4.18. The standard InChI is InChI=1S/C10H17N/c1-8(2)7-11-9(3)10(4,5)6/h7H,1,3H2,2,4-6H3. The molecule has 0 aliphatic rings. The fourth-order valence-electron chi connectivity index (χ4n) is 0.382. The third kappa shape index (κ3) is 4.54. The number of nitrogens with zero attached hydrogens (tertiary/aromatic N) is 1. The molecule has 0 N–H and O–H groups in total. The molecule has 0 bridgehead atoms. The highest BCUT2D eigenvalue weighted by atomic mass is 14.7. The minimum Gasteiger partial charge on any atom is -0.261 e. The Hall–Kier alpha value is -0.850. The Bertz CT molecular complexity index is 191. The quantitative estimate of drug-likeness (QED) is 0.537. The molecule has 0 saturated heterocycles. The van der Waals surface area contributed by atoms with Crippen LogP contribution in [-0.4, -0.2) is 6.21 Å². The van der Waals surface area contributed by atoms with Crippen molar-refractivity contribution in [3.05, 3.63) is 24.4 Å². The van der Waals surface area contributed by atoms with Crippen molar-refractivity contribution in [1.29, 1.82) is 0 Å². The summed E-state index contributed by atoms with van der Waals surface area (Å²) < 4.78 is 0. The average molecular weight is 151 g/mol. The van der Waals surface area contributed by atoms with Gasteiger partial charge in [0.2, 0.25) is 0 Å². The minimum atomic E-state index is 0.0615. The Morgan fingerprint density at radius 2 is 1.73 bits per heavy atom. The molecule has 0 aromatic heterocycles. The van der Waals surface area contributed by atoms with Crippen LogP contribution in [0.4, 0.5) is 0 Å². The van der Waals surface area contributed by atoms with Crippen molar-refractivity contribution >= 4 is 6.21 Å². The predicted octanol–water partition coefficient (Wildman–Crippen LogP) is 3.19. The van der Waals surface area contributed by atoms with Gasteiger partial charge in [-0.2, -0.15) is 0 Å².